The third-order valence-electron chi connectivity index (χ3n) is 3.44. The van der Waals surface area contributed by atoms with Gasteiger partial charge in [0.05, 0.1) is 0 Å². The molecule has 0 atom stereocenters. The van der Waals surface area contributed by atoms with E-state index in [1.165, 1.54) is 12.1 Å². The highest BCUT2D eigenvalue weighted by Gasteiger charge is 2.13. The summed E-state index contributed by atoms with van der Waals surface area (Å²) in [5.74, 6) is 1.14. The van der Waals surface area contributed by atoms with Crippen LogP contribution in [0.4, 0.5) is 10.2 Å². The van der Waals surface area contributed by atoms with E-state index in [-0.39, 0.29) is 5.82 Å². The lowest BCUT2D eigenvalue weighted by molar-refractivity contribution is 0.551. The van der Waals surface area contributed by atoms with E-state index in [9.17, 15) is 4.39 Å². The van der Waals surface area contributed by atoms with Gasteiger partial charge in [0, 0.05) is 0 Å². The SMILES string of the molecule is Nc1cc(-c2ccc(F)cc2)cc2nc(-c3ccc(Br)o3)nn12. The molecule has 0 saturated heterocycles. The molecule has 0 spiro atoms. The molecule has 0 unspecified atom stereocenters. The van der Waals surface area contributed by atoms with Gasteiger partial charge in [-0.05, 0) is 63.5 Å². The van der Waals surface area contributed by atoms with Gasteiger partial charge < -0.3 is 10.2 Å². The van der Waals surface area contributed by atoms with Crippen molar-refractivity contribution in [2.75, 3.05) is 5.73 Å². The maximum Gasteiger partial charge on any atom is 0.218 e. The zero-order valence-electron chi connectivity index (χ0n) is 11.7. The van der Waals surface area contributed by atoms with Gasteiger partial charge in [-0.3, -0.25) is 0 Å². The number of aromatic nitrogens is 3. The lowest BCUT2D eigenvalue weighted by Crippen LogP contribution is -1.99. The minimum atomic E-state index is -0.282. The molecule has 0 fully saturated rings. The third-order valence-corrected chi connectivity index (χ3v) is 3.86. The number of nitrogens with zero attached hydrogens (tertiary/aromatic N) is 3. The van der Waals surface area contributed by atoms with Crippen molar-refractivity contribution < 1.29 is 8.81 Å². The van der Waals surface area contributed by atoms with Crippen molar-refractivity contribution in [2.24, 2.45) is 0 Å². The van der Waals surface area contributed by atoms with Gasteiger partial charge in [-0.25, -0.2) is 9.37 Å². The number of halogens is 2. The molecular weight excluding hydrogens is 363 g/mol. The Balaban J connectivity index is 1.85. The minimum Gasteiger partial charge on any atom is -0.446 e. The van der Waals surface area contributed by atoms with Crippen LogP contribution in [-0.2, 0) is 0 Å². The van der Waals surface area contributed by atoms with E-state index in [0.717, 1.165) is 11.1 Å². The number of furan rings is 1. The van der Waals surface area contributed by atoms with E-state index in [4.69, 9.17) is 10.2 Å². The molecule has 0 amide bonds. The summed E-state index contributed by atoms with van der Waals surface area (Å²) in [5.41, 5.74) is 8.35. The van der Waals surface area contributed by atoms with Crippen molar-refractivity contribution in [1.82, 2.24) is 14.6 Å². The van der Waals surface area contributed by atoms with Gasteiger partial charge in [-0.15, -0.1) is 5.10 Å². The summed E-state index contributed by atoms with van der Waals surface area (Å²) in [6, 6.07) is 13.4. The Bertz CT molecular complexity index is 1010. The number of hydrogen-bond acceptors (Lipinski definition) is 4. The summed E-state index contributed by atoms with van der Waals surface area (Å²) in [6.45, 7) is 0. The highest BCUT2D eigenvalue weighted by atomic mass is 79.9. The summed E-state index contributed by atoms with van der Waals surface area (Å²) in [4.78, 5) is 4.44. The third kappa shape index (κ3) is 2.49. The van der Waals surface area contributed by atoms with Crippen LogP contribution in [0, 0.1) is 5.82 Å². The van der Waals surface area contributed by atoms with Crippen LogP contribution in [-0.4, -0.2) is 14.6 Å². The Morgan fingerprint density at radius 2 is 1.83 bits per heavy atom. The zero-order valence-corrected chi connectivity index (χ0v) is 13.3. The van der Waals surface area contributed by atoms with E-state index in [2.05, 4.69) is 26.0 Å². The second-order valence-electron chi connectivity index (χ2n) is 4.98. The first-order valence-electron chi connectivity index (χ1n) is 6.78. The van der Waals surface area contributed by atoms with Crippen LogP contribution in [0.3, 0.4) is 0 Å². The number of anilines is 1. The number of fused-ring (bicyclic) bond motifs is 1. The fraction of sp³-hybridized carbons (Fsp3) is 0. The van der Waals surface area contributed by atoms with Crippen molar-refractivity contribution in [3.63, 3.8) is 0 Å². The Hall–Kier alpha value is -2.67. The lowest BCUT2D eigenvalue weighted by atomic mass is 10.1. The number of benzene rings is 1. The van der Waals surface area contributed by atoms with Gasteiger partial charge in [0.15, 0.2) is 16.1 Å². The van der Waals surface area contributed by atoms with Gasteiger partial charge in [0.25, 0.3) is 0 Å². The van der Waals surface area contributed by atoms with Gasteiger partial charge in [-0.1, -0.05) is 12.1 Å². The molecular formula is C16H10BrFN4O. The summed E-state index contributed by atoms with van der Waals surface area (Å²) in [7, 11) is 0. The molecule has 0 radical (unpaired) electrons. The molecule has 4 rings (SSSR count). The summed E-state index contributed by atoms with van der Waals surface area (Å²) >= 11 is 3.25. The number of nitrogens with two attached hydrogens (primary N) is 1. The highest BCUT2D eigenvalue weighted by Crippen LogP contribution is 2.27. The summed E-state index contributed by atoms with van der Waals surface area (Å²) in [6.07, 6.45) is 0. The van der Waals surface area contributed by atoms with Crippen LogP contribution in [0.15, 0.2) is 57.6 Å². The average molecular weight is 373 g/mol. The largest absolute Gasteiger partial charge is 0.446 e. The van der Waals surface area contributed by atoms with E-state index in [0.29, 0.717) is 27.7 Å². The molecule has 5 nitrogen and oxygen atoms in total. The predicted octanol–water partition coefficient (Wildman–Crippen LogP) is 4.14. The first-order valence-corrected chi connectivity index (χ1v) is 7.57. The number of rotatable bonds is 2. The molecule has 0 aliphatic rings. The molecule has 2 N–H and O–H groups in total. The maximum atomic E-state index is 13.1. The fourth-order valence-electron chi connectivity index (χ4n) is 2.36. The Morgan fingerprint density at radius 1 is 1.04 bits per heavy atom. The maximum absolute atomic E-state index is 13.1. The van der Waals surface area contributed by atoms with Crippen molar-refractivity contribution in [3.05, 3.63) is 59.0 Å². The smallest absolute Gasteiger partial charge is 0.218 e. The first kappa shape index (κ1) is 14.0. The number of pyridine rings is 1. The van der Waals surface area contributed by atoms with Gasteiger partial charge in [-0.2, -0.15) is 4.52 Å². The van der Waals surface area contributed by atoms with Crippen LogP contribution in [0.5, 0.6) is 0 Å². The molecule has 1 aromatic carbocycles. The predicted molar refractivity (Wildman–Crippen MR) is 88.2 cm³/mol. The molecule has 0 saturated carbocycles. The molecule has 0 aliphatic heterocycles. The zero-order chi connectivity index (χ0) is 16.0. The topological polar surface area (TPSA) is 69.3 Å². The standard InChI is InChI=1S/C16H10BrFN4O/c17-13-6-5-12(23-13)16-20-15-8-10(7-14(19)22(15)21-16)9-1-3-11(18)4-2-9/h1-8H,19H2. The fourth-order valence-corrected chi connectivity index (χ4v) is 2.66. The van der Waals surface area contributed by atoms with Crippen LogP contribution < -0.4 is 5.73 Å². The molecule has 0 aliphatic carbocycles. The number of hydrogen-bond donors (Lipinski definition) is 1. The first-order chi connectivity index (χ1) is 11.1. The minimum absolute atomic E-state index is 0.282. The van der Waals surface area contributed by atoms with Crippen molar-refractivity contribution >= 4 is 27.4 Å². The molecule has 0 bridgehead atoms. The van der Waals surface area contributed by atoms with Crippen LogP contribution in [0.2, 0.25) is 0 Å². The van der Waals surface area contributed by atoms with E-state index < -0.39 is 0 Å². The second kappa shape index (κ2) is 5.20. The van der Waals surface area contributed by atoms with Gasteiger partial charge >= 0.3 is 0 Å². The van der Waals surface area contributed by atoms with Gasteiger partial charge in [0.1, 0.15) is 11.6 Å². The summed E-state index contributed by atoms with van der Waals surface area (Å²) in [5, 5.41) is 4.35. The second-order valence-corrected chi connectivity index (χ2v) is 5.77. The summed E-state index contributed by atoms with van der Waals surface area (Å²) < 4.78 is 20.7. The Labute approximate surface area is 138 Å². The number of nitrogen functional groups attached to an aromatic ring is 1. The Kier molecular flexibility index (Phi) is 3.16. The van der Waals surface area contributed by atoms with E-state index in [1.54, 1.807) is 34.8 Å². The monoisotopic (exact) mass is 372 g/mol. The molecule has 23 heavy (non-hydrogen) atoms. The molecule has 114 valence electrons. The highest BCUT2D eigenvalue weighted by molar-refractivity contribution is 9.10. The normalized spacial score (nSPS) is 11.2. The van der Waals surface area contributed by atoms with E-state index in [1.807, 2.05) is 6.07 Å². The lowest BCUT2D eigenvalue weighted by Gasteiger charge is -2.04. The average Bonchev–Trinajstić information content (AvgIpc) is 3.14. The van der Waals surface area contributed by atoms with Crippen molar-refractivity contribution in [3.8, 4) is 22.7 Å². The quantitative estimate of drug-likeness (QED) is 0.573. The molecule has 4 aromatic rings. The molecule has 3 heterocycles. The van der Waals surface area contributed by atoms with Crippen molar-refractivity contribution in [2.45, 2.75) is 0 Å². The van der Waals surface area contributed by atoms with E-state index >= 15 is 0 Å². The van der Waals surface area contributed by atoms with Crippen molar-refractivity contribution in [1.29, 1.82) is 0 Å². The van der Waals surface area contributed by atoms with Crippen LogP contribution >= 0.6 is 15.9 Å². The van der Waals surface area contributed by atoms with Crippen LogP contribution in [0.25, 0.3) is 28.4 Å². The van der Waals surface area contributed by atoms with Gasteiger partial charge in [0.2, 0.25) is 5.82 Å². The molecule has 3 aromatic heterocycles. The van der Waals surface area contributed by atoms with Crippen LogP contribution in [0.1, 0.15) is 0 Å². The Morgan fingerprint density at radius 3 is 2.52 bits per heavy atom. The molecule has 7 heteroatoms.